The van der Waals surface area contributed by atoms with Crippen molar-refractivity contribution in [2.24, 2.45) is 5.41 Å². The van der Waals surface area contributed by atoms with Crippen molar-refractivity contribution < 1.29 is 5.11 Å². The van der Waals surface area contributed by atoms with Crippen molar-refractivity contribution in [1.29, 1.82) is 0 Å². The summed E-state index contributed by atoms with van der Waals surface area (Å²) in [6.45, 7) is 7.57. The van der Waals surface area contributed by atoms with E-state index in [9.17, 15) is 5.11 Å². The molecule has 0 spiro atoms. The Bertz CT molecular complexity index is 620. The first-order valence-electron chi connectivity index (χ1n) is 7.93. The number of aliphatic hydroxyl groups excluding tert-OH is 1. The molecule has 0 radical (unpaired) electrons. The molecule has 1 unspecified atom stereocenters. The van der Waals surface area contributed by atoms with Crippen LogP contribution in [0.4, 0.5) is 0 Å². The zero-order valence-electron chi connectivity index (χ0n) is 13.0. The number of hydrogen-bond acceptors (Lipinski definition) is 2. The van der Waals surface area contributed by atoms with Crippen LogP contribution >= 0.6 is 0 Å². The molecular weight excluding hydrogens is 258 g/mol. The van der Waals surface area contributed by atoms with E-state index >= 15 is 0 Å². The van der Waals surface area contributed by atoms with Gasteiger partial charge in [-0.3, -0.25) is 4.90 Å². The number of nitrogens with zero attached hydrogens (tertiary/aromatic N) is 1. The van der Waals surface area contributed by atoms with Crippen LogP contribution in [0.2, 0.25) is 0 Å². The van der Waals surface area contributed by atoms with E-state index in [1.165, 1.54) is 23.6 Å². The number of piperidine rings is 1. The molecule has 1 atom stereocenters. The zero-order valence-corrected chi connectivity index (χ0v) is 13.0. The average Bonchev–Trinajstić information content (AvgIpc) is 2.45. The molecule has 1 aliphatic rings. The maximum atomic E-state index is 10.6. The minimum atomic E-state index is -0.400. The first-order chi connectivity index (χ1) is 10.0. The van der Waals surface area contributed by atoms with Gasteiger partial charge in [0.1, 0.15) is 0 Å². The highest BCUT2D eigenvalue weighted by atomic mass is 16.3. The monoisotopic (exact) mass is 283 g/mol. The minimum absolute atomic E-state index is 0.376. The summed E-state index contributed by atoms with van der Waals surface area (Å²) in [7, 11) is 0. The second-order valence-corrected chi connectivity index (χ2v) is 7.13. The largest absolute Gasteiger partial charge is 0.387 e. The van der Waals surface area contributed by atoms with E-state index in [2.05, 4.69) is 49.1 Å². The summed E-state index contributed by atoms with van der Waals surface area (Å²) in [6.07, 6.45) is 2.12. The number of benzene rings is 2. The molecule has 2 heteroatoms. The standard InChI is InChI=1S/C19H25NO/c1-19(2)10-5-11-20(14-19)13-18(21)17-9-8-15-6-3-4-7-16(15)12-17/h3-4,6-9,12,18,21H,5,10-11,13-14H2,1-2H3. The summed E-state index contributed by atoms with van der Waals surface area (Å²) in [5.74, 6) is 0. The molecule has 0 amide bonds. The van der Waals surface area contributed by atoms with E-state index < -0.39 is 6.10 Å². The number of β-amino-alcohol motifs (C(OH)–C–C–N with tert-alkyl or cyclic N) is 1. The fourth-order valence-electron chi connectivity index (χ4n) is 3.47. The molecule has 2 nitrogen and oxygen atoms in total. The van der Waals surface area contributed by atoms with E-state index in [0.717, 1.165) is 25.2 Å². The van der Waals surface area contributed by atoms with Gasteiger partial charge < -0.3 is 5.11 Å². The Morgan fingerprint density at radius 2 is 1.90 bits per heavy atom. The van der Waals surface area contributed by atoms with Crippen molar-refractivity contribution in [3.63, 3.8) is 0 Å². The second-order valence-electron chi connectivity index (χ2n) is 7.13. The Kier molecular flexibility index (Phi) is 4.01. The molecule has 2 aromatic carbocycles. The molecular formula is C19H25NO. The van der Waals surface area contributed by atoms with Crippen LogP contribution in [0.15, 0.2) is 42.5 Å². The topological polar surface area (TPSA) is 23.5 Å². The van der Waals surface area contributed by atoms with Gasteiger partial charge >= 0.3 is 0 Å². The molecule has 1 saturated heterocycles. The lowest BCUT2D eigenvalue weighted by molar-refractivity contribution is 0.0598. The maximum absolute atomic E-state index is 10.6. The van der Waals surface area contributed by atoms with Crippen molar-refractivity contribution >= 4 is 10.8 Å². The van der Waals surface area contributed by atoms with Gasteiger partial charge in [0.05, 0.1) is 6.10 Å². The smallest absolute Gasteiger partial charge is 0.0917 e. The number of fused-ring (bicyclic) bond motifs is 1. The number of likely N-dealkylation sites (tertiary alicyclic amines) is 1. The van der Waals surface area contributed by atoms with Crippen LogP contribution in [-0.4, -0.2) is 29.6 Å². The molecule has 1 N–H and O–H groups in total. The lowest BCUT2D eigenvalue weighted by Crippen LogP contribution is -2.41. The third kappa shape index (κ3) is 3.45. The normalized spacial score (nSPS) is 20.5. The van der Waals surface area contributed by atoms with Crippen LogP contribution < -0.4 is 0 Å². The Balaban J connectivity index is 1.73. The zero-order chi connectivity index (χ0) is 14.9. The summed E-state index contributed by atoms with van der Waals surface area (Å²) in [5.41, 5.74) is 1.40. The van der Waals surface area contributed by atoms with Gasteiger partial charge in [-0.1, -0.05) is 50.2 Å². The molecule has 0 aliphatic carbocycles. The van der Waals surface area contributed by atoms with Gasteiger partial charge in [0.25, 0.3) is 0 Å². The molecule has 3 rings (SSSR count). The summed E-state index contributed by atoms with van der Waals surface area (Å²) in [6, 6.07) is 14.6. The Labute approximate surface area is 127 Å². The molecule has 1 fully saturated rings. The average molecular weight is 283 g/mol. The lowest BCUT2D eigenvalue weighted by atomic mass is 9.84. The summed E-state index contributed by atoms with van der Waals surface area (Å²) in [4.78, 5) is 2.41. The first-order valence-corrected chi connectivity index (χ1v) is 7.93. The van der Waals surface area contributed by atoms with Crippen molar-refractivity contribution in [3.8, 4) is 0 Å². The van der Waals surface area contributed by atoms with Gasteiger partial charge in [-0.25, -0.2) is 0 Å². The lowest BCUT2D eigenvalue weighted by Gasteiger charge is -2.38. The molecule has 0 aromatic heterocycles. The SMILES string of the molecule is CC1(C)CCCN(CC(O)c2ccc3ccccc3c2)C1. The van der Waals surface area contributed by atoms with E-state index in [-0.39, 0.29) is 0 Å². The molecule has 112 valence electrons. The van der Waals surface area contributed by atoms with Crippen molar-refractivity contribution in [3.05, 3.63) is 48.0 Å². The van der Waals surface area contributed by atoms with Crippen LogP contribution in [0.1, 0.15) is 38.4 Å². The fourth-order valence-corrected chi connectivity index (χ4v) is 3.47. The number of hydrogen-bond donors (Lipinski definition) is 1. The molecule has 1 aliphatic heterocycles. The van der Waals surface area contributed by atoms with Crippen LogP contribution in [0.25, 0.3) is 10.8 Å². The van der Waals surface area contributed by atoms with Gasteiger partial charge in [0.15, 0.2) is 0 Å². The second kappa shape index (κ2) is 5.78. The van der Waals surface area contributed by atoms with E-state index in [4.69, 9.17) is 0 Å². The quantitative estimate of drug-likeness (QED) is 0.920. The highest BCUT2D eigenvalue weighted by molar-refractivity contribution is 5.83. The number of aliphatic hydroxyl groups is 1. The maximum Gasteiger partial charge on any atom is 0.0917 e. The predicted molar refractivity (Wildman–Crippen MR) is 88.4 cm³/mol. The molecule has 1 heterocycles. The van der Waals surface area contributed by atoms with Crippen LogP contribution in [-0.2, 0) is 0 Å². The van der Waals surface area contributed by atoms with Crippen molar-refractivity contribution in [2.75, 3.05) is 19.6 Å². The molecule has 2 aromatic rings. The van der Waals surface area contributed by atoms with E-state index in [0.29, 0.717) is 5.41 Å². The third-order valence-electron chi connectivity index (χ3n) is 4.57. The van der Waals surface area contributed by atoms with Crippen LogP contribution in [0.5, 0.6) is 0 Å². The predicted octanol–water partition coefficient (Wildman–Crippen LogP) is 4.00. The Morgan fingerprint density at radius 1 is 1.14 bits per heavy atom. The summed E-state index contributed by atoms with van der Waals surface area (Å²) >= 11 is 0. The number of rotatable bonds is 3. The van der Waals surface area contributed by atoms with E-state index in [1.807, 2.05) is 12.1 Å². The Morgan fingerprint density at radius 3 is 2.67 bits per heavy atom. The summed E-state index contributed by atoms with van der Waals surface area (Å²) < 4.78 is 0. The minimum Gasteiger partial charge on any atom is -0.387 e. The Hall–Kier alpha value is -1.38. The van der Waals surface area contributed by atoms with Crippen molar-refractivity contribution in [2.45, 2.75) is 32.8 Å². The van der Waals surface area contributed by atoms with E-state index in [1.54, 1.807) is 0 Å². The van der Waals surface area contributed by atoms with Crippen molar-refractivity contribution in [1.82, 2.24) is 4.90 Å². The first kappa shape index (κ1) is 14.6. The highest BCUT2D eigenvalue weighted by Gasteiger charge is 2.27. The van der Waals surface area contributed by atoms with Gasteiger partial charge in [-0.2, -0.15) is 0 Å². The third-order valence-corrected chi connectivity index (χ3v) is 4.57. The van der Waals surface area contributed by atoms with Crippen LogP contribution in [0.3, 0.4) is 0 Å². The highest BCUT2D eigenvalue weighted by Crippen LogP contribution is 2.30. The van der Waals surface area contributed by atoms with Gasteiger partial charge in [0, 0.05) is 13.1 Å². The molecule has 0 saturated carbocycles. The molecule has 21 heavy (non-hydrogen) atoms. The van der Waals surface area contributed by atoms with Gasteiger partial charge in [0.2, 0.25) is 0 Å². The van der Waals surface area contributed by atoms with Gasteiger partial charge in [-0.15, -0.1) is 0 Å². The van der Waals surface area contributed by atoms with Gasteiger partial charge in [-0.05, 0) is 47.2 Å². The fraction of sp³-hybridized carbons (Fsp3) is 0.474. The molecule has 0 bridgehead atoms. The van der Waals surface area contributed by atoms with Crippen LogP contribution in [0, 0.1) is 5.41 Å². The summed E-state index contributed by atoms with van der Waals surface area (Å²) in [5, 5.41) is 13.0.